The normalized spacial score (nSPS) is 20.9. The first-order valence-electron chi connectivity index (χ1n) is 10.8. The average molecular weight is 427 g/mol. The zero-order chi connectivity index (χ0) is 21.9. The largest absolute Gasteiger partial charge is 0.405 e. The number of H-pyrrole nitrogens is 1. The lowest BCUT2D eigenvalue weighted by atomic mass is 10.0. The second kappa shape index (κ2) is 7.16. The van der Waals surface area contributed by atoms with E-state index < -0.39 is 14.1 Å². The van der Waals surface area contributed by atoms with Crippen LogP contribution in [0.5, 0.6) is 0 Å². The quantitative estimate of drug-likeness (QED) is 0.502. The van der Waals surface area contributed by atoms with Crippen LogP contribution in [0.2, 0.25) is 18.1 Å². The van der Waals surface area contributed by atoms with Crippen LogP contribution < -0.4 is 0 Å². The van der Waals surface area contributed by atoms with Crippen LogP contribution in [0.1, 0.15) is 52.0 Å². The molecular weight excluding hydrogens is 392 g/mol. The number of aromatic nitrogens is 2. The van der Waals surface area contributed by atoms with Crippen LogP contribution in [0.4, 0.5) is 0 Å². The van der Waals surface area contributed by atoms with E-state index in [1.807, 2.05) is 20.0 Å². The Bertz CT molecular complexity index is 1080. The lowest BCUT2D eigenvalue weighted by Crippen LogP contribution is -2.44. The Kier molecular flexibility index (Phi) is 5.13. The smallest absolute Gasteiger partial charge is 0.193 e. The molecule has 2 aromatic heterocycles. The van der Waals surface area contributed by atoms with Crippen LogP contribution in [0, 0.1) is 6.92 Å². The summed E-state index contributed by atoms with van der Waals surface area (Å²) in [6, 6.07) is 8.41. The summed E-state index contributed by atoms with van der Waals surface area (Å²) in [4.78, 5) is 8.50. The topological polar surface area (TPSA) is 56.4 Å². The molecule has 0 saturated carbocycles. The zero-order valence-corrected chi connectivity index (χ0v) is 20.4. The fourth-order valence-electron chi connectivity index (χ4n) is 3.92. The standard InChI is InChI=1S/C24H34N2O3Si/c1-15-13-25-21(20-19(15)16-11-9-10-12-17(16)26-20)22(18-14-27-24(5,6)28-18)29-30(7,8)23(2,3)4/h9-13,18,22,26H,14H2,1-8H3/t18-,22?/m1/s1. The van der Waals surface area contributed by atoms with Crippen molar-refractivity contribution >= 4 is 30.1 Å². The number of ether oxygens (including phenoxy) is 2. The van der Waals surface area contributed by atoms with Gasteiger partial charge in [0.1, 0.15) is 12.2 Å². The highest BCUT2D eigenvalue weighted by Crippen LogP contribution is 2.44. The number of nitrogens with one attached hydrogen (secondary N) is 1. The molecule has 0 spiro atoms. The minimum atomic E-state index is -2.09. The van der Waals surface area contributed by atoms with E-state index in [9.17, 15) is 0 Å². The van der Waals surface area contributed by atoms with Crippen molar-refractivity contribution in [3.63, 3.8) is 0 Å². The van der Waals surface area contributed by atoms with Gasteiger partial charge >= 0.3 is 0 Å². The summed E-state index contributed by atoms with van der Waals surface area (Å²) < 4.78 is 19.2. The van der Waals surface area contributed by atoms with E-state index in [0.29, 0.717) is 6.61 Å². The van der Waals surface area contributed by atoms with Crippen LogP contribution >= 0.6 is 0 Å². The zero-order valence-electron chi connectivity index (χ0n) is 19.4. The third kappa shape index (κ3) is 3.71. The number of nitrogens with zero attached hydrogens (tertiary/aromatic N) is 1. The molecule has 0 radical (unpaired) electrons. The minimum Gasteiger partial charge on any atom is -0.405 e. The summed E-state index contributed by atoms with van der Waals surface area (Å²) in [5, 5.41) is 2.49. The SMILES string of the molecule is Cc1cnc(C(O[Si](C)(C)C(C)(C)C)[C@H]2COC(C)(C)O2)c2[nH]c3ccccc3c12. The molecule has 4 rings (SSSR count). The van der Waals surface area contributed by atoms with Gasteiger partial charge in [-0.25, -0.2) is 0 Å². The molecule has 0 aliphatic carbocycles. The van der Waals surface area contributed by atoms with Gasteiger partial charge in [0.2, 0.25) is 0 Å². The van der Waals surface area contributed by atoms with Crippen LogP contribution in [0.25, 0.3) is 21.8 Å². The number of hydrogen-bond acceptors (Lipinski definition) is 4. The van der Waals surface area contributed by atoms with Gasteiger partial charge in [-0.3, -0.25) is 4.98 Å². The van der Waals surface area contributed by atoms with Crippen molar-refractivity contribution in [1.82, 2.24) is 9.97 Å². The van der Waals surface area contributed by atoms with Crippen LogP contribution in [0.3, 0.4) is 0 Å². The van der Waals surface area contributed by atoms with Gasteiger partial charge < -0.3 is 18.9 Å². The van der Waals surface area contributed by atoms with E-state index in [0.717, 1.165) is 22.3 Å². The highest BCUT2D eigenvalue weighted by molar-refractivity contribution is 6.74. The molecule has 0 amide bonds. The lowest BCUT2D eigenvalue weighted by Gasteiger charge is -2.40. The van der Waals surface area contributed by atoms with Gasteiger partial charge in [-0.2, -0.15) is 0 Å². The molecule has 0 bridgehead atoms. The predicted molar refractivity (Wildman–Crippen MR) is 124 cm³/mol. The van der Waals surface area contributed by atoms with Crippen molar-refractivity contribution in [2.75, 3.05) is 6.61 Å². The van der Waals surface area contributed by atoms with Crippen molar-refractivity contribution in [1.29, 1.82) is 0 Å². The number of fused-ring (bicyclic) bond motifs is 3. The molecule has 3 aromatic rings. The van der Waals surface area contributed by atoms with E-state index >= 15 is 0 Å². The number of rotatable bonds is 4. The molecule has 1 aliphatic heterocycles. The average Bonchev–Trinajstić information content (AvgIpc) is 3.20. The Labute approximate surface area is 180 Å². The first-order valence-corrected chi connectivity index (χ1v) is 13.7. The molecule has 162 valence electrons. The molecule has 5 nitrogen and oxygen atoms in total. The van der Waals surface area contributed by atoms with Crippen LogP contribution in [-0.2, 0) is 13.9 Å². The molecule has 30 heavy (non-hydrogen) atoms. The molecular formula is C24H34N2O3Si. The van der Waals surface area contributed by atoms with Crippen molar-refractivity contribution in [3.05, 3.63) is 41.7 Å². The molecule has 6 heteroatoms. The maximum absolute atomic E-state index is 6.96. The maximum atomic E-state index is 6.96. The molecule has 1 N–H and O–H groups in total. The summed E-state index contributed by atoms with van der Waals surface area (Å²) in [5.74, 6) is -0.621. The van der Waals surface area contributed by atoms with Gasteiger partial charge in [0.05, 0.1) is 17.8 Å². The Hall–Kier alpha value is -1.73. The Morgan fingerprint density at radius 1 is 1.23 bits per heavy atom. The fourth-order valence-corrected chi connectivity index (χ4v) is 5.17. The third-order valence-corrected chi connectivity index (χ3v) is 11.1. The van der Waals surface area contributed by atoms with Crippen molar-refractivity contribution in [2.24, 2.45) is 0 Å². The second-order valence-corrected chi connectivity index (χ2v) is 15.2. The summed E-state index contributed by atoms with van der Waals surface area (Å²) in [7, 11) is -2.09. The monoisotopic (exact) mass is 426 g/mol. The third-order valence-electron chi connectivity index (χ3n) is 6.62. The van der Waals surface area contributed by atoms with Crippen molar-refractivity contribution in [2.45, 2.75) is 77.7 Å². The fraction of sp³-hybridized carbons (Fsp3) is 0.542. The number of pyridine rings is 1. The number of benzene rings is 1. The van der Waals surface area contributed by atoms with Gasteiger partial charge in [0.15, 0.2) is 14.1 Å². The summed E-state index contributed by atoms with van der Waals surface area (Å²) in [6.07, 6.45) is 1.45. The van der Waals surface area contributed by atoms with Gasteiger partial charge in [-0.05, 0) is 50.5 Å². The summed E-state index contributed by atoms with van der Waals surface area (Å²) >= 11 is 0. The Balaban J connectivity index is 1.89. The summed E-state index contributed by atoms with van der Waals surface area (Å²) in [5.41, 5.74) is 4.21. The minimum absolute atomic E-state index is 0.0739. The first-order chi connectivity index (χ1) is 13.9. The molecule has 3 heterocycles. The van der Waals surface area contributed by atoms with Gasteiger partial charge in [0, 0.05) is 22.5 Å². The number of hydrogen-bond donors (Lipinski definition) is 1. The van der Waals surface area contributed by atoms with Gasteiger partial charge in [-0.1, -0.05) is 39.0 Å². The van der Waals surface area contributed by atoms with Crippen LogP contribution in [-0.4, -0.2) is 36.8 Å². The van der Waals surface area contributed by atoms with E-state index in [2.05, 4.69) is 70.0 Å². The highest BCUT2D eigenvalue weighted by Gasteiger charge is 2.46. The number of aryl methyl sites for hydroxylation is 1. The molecule has 1 aromatic carbocycles. The molecule has 1 saturated heterocycles. The van der Waals surface area contributed by atoms with E-state index in [1.54, 1.807) is 0 Å². The van der Waals surface area contributed by atoms with Crippen molar-refractivity contribution in [3.8, 4) is 0 Å². The van der Waals surface area contributed by atoms with E-state index in [-0.39, 0.29) is 17.2 Å². The lowest BCUT2D eigenvalue weighted by molar-refractivity contribution is -0.150. The molecule has 1 fully saturated rings. The highest BCUT2D eigenvalue weighted by atomic mass is 28.4. The predicted octanol–water partition coefficient (Wildman–Crippen LogP) is 6.24. The Morgan fingerprint density at radius 2 is 1.93 bits per heavy atom. The van der Waals surface area contributed by atoms with Crippen LogP contribution in [0.15, 0.2) is 30.5 Å². The maximum Gasteiger partial charge on any atom is 0.193 e. The van der Waals surface area contributed by atoms with E-state index in [4.69, 9.17) is 18.9 Å². The first kappa shape index (κ1) is 21.5. The van der Waals surface area contributed by atoms with Gasteiger partial charge in [-0.15, -0.1) is 0 Å². The van der Waals surface area contributed by atoms with Crippen molar-refractivity contribution < 1.29 is 13.9 Å². The van der Waals surface area contributed by atoms with Gasteiger partial charge in [0.25, 0.3) is 0 Å². The second-order valence-electron chi connectivity index (χ2n) is 10.4. The number of aromatic amines is 1. The molecule has 2 atom stereocenters. The number of para-hydroxylation sites is 1. The Morgan fingerprint density at radius 3 is 2.57 bits per heavy atom. The molecule has 1 unspecified atom stereocenters. The van der Waals surface area contributed by atoms with E-state index in [1.165, 1.54) is 10.8 Å². The molecule has 1 aliphatic rings. The summed E-state index contributed by atoms with van der Waals surface area (Å²) in [6.45, 7) is 17.8.